The number of nitrogens with zero attached hydrogens (tertiary/aromatic N) is 1. The molecule has 0 spiro atoms. The van der Waals surface area contributed by atoms with E-state index in [1.165, 1.54) is 0 Å². The van der Waals surface area contributed by atoms with Crippen LogP contribution in [0.2, 0.25) is 0 Å². The standard InChI is InChI=1S/C15H21N3O/c1-18-9-7-11(10-18)17-15(19)13-6-8-16-14-5-3-2-4-12(13)14/h2-5,11,13,16H,6-10H2,1H3,(H,17,19). The van der Waals surface area contributed by atoms with E-state index in [9.17, 15) is 4.79 Å². The molecule has 4 heteroatoms. The van der Waals surface area contributed by atoms with E-state index in [4.69, 9.17) is 0 Å². The highest BCUT2D eigenvalue weighted by atomic mass is 16.2. The van der Waals surface area contributed by atoms with Crippen molar-refractivity contribution >= 4 is 11.6 Å². The average Bonchev–Trinajstić information content (AvgIpc) is 2.83. The van der Waals surface area contributed by atoms with Gasteiger partial charge in [0.2, 0.25) is 5.91 Å². The van der Waals surface area contributed by atoms with E-state index in [0.717, 1.165) is 43.7 Å². The number of anilines is 1. The maximum absolute atomic E-state index is 12.5. The summed E-state index contributed by atoms with van der Waals surface area (Å²) in [7, 11) is 2.10. The summed E-state index contributed by atoms with van der Waals surface area (Å²) >= 11 is 0. The zero-order chi connectivity index (χ0) is 13.2. The molecule has 19 heavy (non-hydrogen) atoms. The molecule has 0 aliphatic carbocycles. The van der Waals surface area contributed by atoms with Crippen LogP contribution < -0.4 is 10.6 Å². The topological polar surface area (TPSA) is 44.4 Å². The molecule has 0 bridgehead atoms. The highest BCUT2D eigenvalue weighted by molar-refractivity contribution is 5.86. The number of likely N-dealkylation sites (N-methyl/N-ethyl adjacent to an activating group) is 1. The van der Waals surface area contributed by atoms with E-state index in [0.29, 0.717) is 6.04 Å². The molecule has 2 unspecified atom stereocenters. The molecule has 2 aliphatic heterocycles. The number of hydrogen-bond acceptors (Lipinski definition) is 3. The minimum Gasteiger partial charge on any atom is -0.385 e. The number of rotatable bonds is 2. The van der Waals surface area contributed by atoms with E-state index in [2.05, 4.69) is 34.7 Å². The molecule has 2 aliphatic rings. The van der Waals surface area contributed by atoms with Crippen LogP contribution in [0.15, 0.2) is 24.3 Å². The summed E-state index contributed by atoms with van der Waals surface area (Å²) in [5, 5.41) is 6.57. The van der Waals surface area contributed by atoms with Crippen molar-refractivity contribution in [2.45, 2.75) is 24.8 Å². The van der Waals surface area contributed by atoms with Gasteiger partial charge in [0.15, 0.2) is 0 Å². The lowest BCUT2D eigenvalue weighted by molar-refractivity contribution is -0.123. The van der Waals surface area contributed by atoms with Crippen LogP contribution >= 0.6 is 0 Å². The van der Waals surface area contributed by atoms with E-state index in [1.807, 2.05) is 12.1 Å². The number of fused-ring (bicyclic) bond motifs is 1. The minimum absolute atomic E-state index is 0.00311. The maximum Gasteiger partial charge on any atom is 0.227 e. The molecule has 0 saturated carbocycles. The summed E-state index contributed by atoms with van der Waals surface area (Å²) in [6.07, 6.45) is 1.94. The summed E-state index contributed by atoms with van der Waals surface area (Å²) in [5.74, 6) is 0.192. The maximum atomic E-state index is 12.5. The number of nitrogens with one attached hydrogen (secondary N) is 2. The number of carbonyl (C=O) groups is 1. The molecule has 1 aromatic rings. The second kappa shape index (κ2) is 5.21. The van der Waals surface area contributed by atoms with Crippen molar-refractivity contribution in [1.29, 1.82) is 0 Å². The molecule has 2 N–H and O–H groups in total. The summed E-state index contributed by atoms with van der Waals surface area (Å²) in [4.78, 5) is 14.7. The zero-order valence-corrected chi connectivity index (χ0v) is 11.4. The molecule has 1 amide bonds. The summed E-state index contributed by atoms with van der Waals surface area (Å²) < 4.78 is 0. The van der Waals surface area contributed by atoms with Crippen molar-refractivity contribution < 1.29 is 4.79 Å². The van der Waals surface area contributed by atoms with Crippen molar-refractivity contribution in [2.24, 2.45) is 0 Å². The van der Waals surface area contributed by atoms with Gasteiger partial charge in [0.25, 0.3) is 0 Å². The Morgan fingerprint density at radius 2 is 2.21 bits per heavy atom. The second-order valence-corrected chi connectivity index (χ2v) is 5.61. The Balaban J connectivity index is 1.71. The molecule has 1 fully saturated rings. The van der Waals surface area contributed by atoms with Gasteiger partial charge in [0, 0.05) is 24.8 Å². The van der Waals surface area contributed by atoms with Gasteiger partial charge in [-0.1, -0.05) is 18.2 Å². The fraction of sp³-hybridized carbons (Fsp3) is 0.533. The minimum atomic E-state index is 0.00311. The molecule has 2 heterocycles. The van der Waals surface area contributed by atoms with E-state index in [-0.39, 0.29) is 11.8 Å². The van der Waals surface area contributed by atoms with Gasteiger partial charge in [-0.05, 0) is 38.1 Å². The van der Waals surface area contributed by atoms with Gasteiger partial charge in [-0.15, -0.1) is 0 Å². The fourth-order valence-electron chi connectivity index (χ4n) is 3.10. The van der Waals surface area contributed by atoms with Crippen LogP contribution in [0.1, 0.15) is 24.3 Å². The number of likely N-dealkylation sites (tertiary alicyclic amines) is 1. The van der Waals surface area contributed by atoms with E-state index < -0.39 is 0 Å². The van der Waals surface area contributed by atoms with Gasteiger partial charge in [-0.25, -0.2) is 0 Å². The molecule has 3 rings (SSSR count). The van der Waals surface area contributed by atoms with Crippen molar-refractivity contribution in [1.82, 2.24) is 10.2 Å². The Morgan fingerprint density at radius 1 is 1.37 bits per heavy atom. The predicted octanol–water partition coefficient (Wildman–Crippen LogP) is 1.41. The molecule has 102 valence electrons. The van der Waals surface area contributed by atoms with Gasteiger partial charge in [0.05, 0.1) is 5.92 Å². The van der Waals surface area contributed by atoms with Gasteiger partial charge in [-0.2, -0.15) is 0 Å². The molecular formula is C15H21N3O. The first-order valence-corrected chi connectivity index (χ1v) is 7.06. The van der Waals surface area contributed by atoms with Gasteiger partial charge in [-0.3, -0.25) is 4.79 Å². The normalized spacial score (nSPS) is 26.6. The van der Waals surface area contributed by atoms with Crippen molar-refractivity contribution in [3.8, 4) is 0 Å². The van der Waals surface area contributed by atoms with Crippen molar-refractivity contribution in [2.75, 3.05) is 32.0 Å². The van der Waals surface area contributed by atoms with Gasteiger partial charge < -0.3 is 15.5 Å². The lowest BCUT2D eigenvalue weighted by atomic mass is 9.90. The monoisotopic (exact) mass is 259 g/mol. The Kier molecular flexibility index (Phi) is 3.42. The Morgan fingerprint density at radius 3 is 3.00 bits per heavy atom. The molecule has 1 saturated heterocycles. The number of carbonyl (C=O) groups excluding carboxylic acids is 1. The number of hydrogen-bond donors (Lipinski definition) is 2. The summed E-state index contributed by atoms with van der Waals surface area (Å²) in [6.45, 7) is 2.92. The average molecular weight is 259 g/mol. The molecule has 1 aromatic carbocycles. The highest BCUT2D eigenvalue weighted by Crippen LogP contribution is 2.31. The first kappa shape index (κ1) is 12.5. The zero-order valence-electron chi connectivity index (χ0n) is 11.4. The van der Waals surface area contributed by atoms with Crippen LogP contribution in [0.25, 0.3) is 0 Å². The SMILES string of the molecule is CN1CCC(NC(=O)C2CCNc3ccccc32)C1. The van der Waals surface area contributed by atoms with E-state index in [1.54, 1.807) is 0 Å². The first-order chi connectivity index (χ1) is 9.24. The van der Waals surface area contributed by atoms with Crippen molar-refractivity contribution in [3.05, 3.63) is 29.8 Å². The molecule has 0 radical (unpaired) electrons. The quantitative estimate of drug-likeness (QED) is 0.844. The highest BCUT2D eigenvalue weighted by Gasteiger charge is 2.29. The van der Waals surface area contributed by atoms with Gasteiger partial charge >= 0.3 is 0 Å². The molecule has 4 nitrogen and oxygen atoms in total. The Bertz CT molecular complexity index is 474. The lowest BCUT2D eigenvalue weighted by Crippen LogP contribution is -2.40. The summed E-state index contributed by atoms with van der Waals surface area (Å²) in [5.41, 5.74) is 2.25. The van der Waals surface area contributed by atoms with Crippen LogP contribution in [0.4, 0.5) is 5.69 Å². The smallest absolute Gasteiger partial charge is 0.227 e. The third-order valence-corrected chi connectivity index (χ3v) is 4.14. The van der Waals surface area contributed by atoms with Crippen LogP contribution in [0, 0.1) is 0 Å². The van der Waals surface area contributed by atoms with Crippen LogP contribution in [0.5, 0.6) is 0 Å². The largest absolute Gasteiger partial charge is 0.385 e. The van der Waals surface area contributed by atoms with Crippen molar-refractivity contribution in [3.63, 3.8) is 0 Å². The third-order valence-electron chi connectivity index (χ3n) is 4.14. The summed E-state index contributed by atoms with van der Waals surface area (Å²) in [6, 6.07) is 8.46. The van der Waals surface area contributed by atoms with Crippen LogP contribution in [0.3, 0.4) is 0 Å². The van der Waals surface area contributed by atoms with Crippen LogP contribution in [-0.2, 0) is 4.79 Å². The predicted molar refractivity (Wildman–Crippen MR) is 76.3 cm³/mol. The molecule has 0 aromatic heterocycles. The van der Waals surface area contributed by atoms with Gasteiger partial charge in [0.1, 0.15) is 0 Å². The lowest BCUT2D eigenvalue weighted by Gasteiger charge is -2.27. The Hall–Kier alpha value is -1.55. The second-order valence-electron chi connectivity index (χ2n) is 5.61. The number of amides is 1. The fourth-order valence-corrected chi connectivity index (χ4v) is 3.10. The Labute approximate surface area is 114 Å². The first-order valence-electron chi connectivity index (χ1n) is 7.06. The number of benzene rings is 1. The van der Waals surface area contributed by atoms with E-state index >= 15 is 0 Å². The number of para-hydroxylation sites is 1. The molecular weight excluding hydrogens is 238 g/mol. The third kappa shape index (κ3) is 2.59. The molecule has 2 atom stereocenters. The van der Waals surface area contributed by atoms with Crippen LogP contribution in [-0.4, -0.2) is 43.5 Å².